The van der Waals surface area contributed by atoms with E-state index >= 15 is 0 Å². The number of nitrogens with zero attached hydrogens (tertiary/aromatic N) is 4. The number of nitrogens with one attached hydrogen (secondary N) is 2. The van der Waals surface area contributed by atoms with E-state index in [1.807, 2.05) is 59.6 Å². The predicted octanol–water partition coefficient (Wildman–Crippen LogP) is 4.64. The monoisotopic (exact) mass is 570 g/mol. The van der Waals surface area contributed by atoms with Crippen molar-refractivity contribution < 1.29 is 0 Å². The average molecular weight is 571 g/mol. The Hall–Kier alpha value is -1.78. The van der Waals surface area contributed by atoms with Crippen molar-refractivity contribution in [3.63, 3.8) is 0 Å². The lowest BCUT2D eigenvalue weighted by Crippen LogP contribution is -2.49. The van der Waals surface area contributed by atoms with Crippen molar-refractivity contribution >= 4 is 57.9 Å². The molecule has 2 aromatic heterocycles. The number of benzene rings is 1. The van der Waals surface area contributed by atoms with E-state index in [1.54, 1.807) is 6.20 Å². The van der Waals surface area contributed by atoms with Gasteiger partial charge in [0.25, 0.3) is 0 Å². The van der Waals surface area contributed by atoms with E-state index in [-0.39, 0.29) is 30.0 Å². The molecule has 9 heteroatoms. The second-order valence-corrected chi connectivity index (χ2v) is 8.73. The number of hydrogen-bond donors (Lipinski definition) is 2. The highest BCUT2D eigenvalue weighted by molar-refractivity contribution is 14.0. The van der Waals surface area contributed by atoms with E-state index in [4.69, 9.17) is 11.6 Å². The first-order valence-corrected chi connectivity index (χ1v) is 11.5. The molecule has 31 heavy (non-hydrogen) atoms. The number of anilines is 1. The Kier molecular flexibility index (Phi) is 9.03. The lowest BCUT2D eigenvalue weighted by molar-refractivity contribution is 0.457. The van der Waals surface area contributed by atoms with Gasteiger partial charge >= 0.3 is 0 Å². The minimum absolute atomic E-state index is 0. The molecular weight excluding hydrogens is 543 g/mol. The Labute approximate surface area is 209 Å². The van der Waals surface area contributed by atoms with Crippen LogP contribution in [0.2, 0.25) is 5.02 Å². The predicted molar refractivity (Wildman–Crippen MR) is 141 cm³/mol. The summed E-state index contributed by atoms with van der Waals surface area (Å²) in [6, 6.07) is 14.7. The lowest BCUT2D eigenvalue weighted by Gasteiger charge is -2.33. The number of aromatic nitrogens is 2. The number of hydrogen-bond acceptors (Lipinski definition) is 4. The van der Waals surface area contributed by atoms with Gasteiger partial charge in [0, 0.05) is 50.1 Å². The highest BCUT2D eigenvalue weighted by Gasteiger charge is 2.21. The Bertz CT molecular complexity index is 922. The zero-order valence-electron chi connectivity index (χ0n) is 17.4. The highest BCUT2D eigenvalue weighted by Crippen LogP contribution is 2.25. The number of piperidine rings is 1. The van der Waals surface area contributed by atoms with Crippen molar-refractivity contribution in [2.45, 2.75) is 24.9 Å². The van der Waals surface area contributed by atoms with Gasteiger partial charge in [0.15, 0.2) is 5.96 Å². The second kappa shape index (κ2) is 11.7. The molecule has 1 aliphatic rings. The van der Waals surface area contributed by atoms with E-state index in [9.17, 15) is 0 Å². The van der Waals surface area contributed by atoms with Gasteiger partial charge in [0.05, 0.1) is 11.0 Å². The van der Waals surface area contributed by atoms with Crippen LogP contribution < -0.4 is 15.5 Å². The first-order valence-electron chi connectivity index (χ1n) is 10.2. The van der Waals surface area contributed by atoms with Crippen LogP contribution in [0.4, 0.5) is 5.00 Å². The van der Waals surface area contributed by atoms with E-state index < -0.39 is 0 Å². The maximum absolute atomic E-state index is 6.07. The largest absolute Gasteiger partial charge is 0.363 e. The fraction of sp³-hybridized carbons (Fsp3) is 0.364. The fourth-order valence-corrected chi connectivity index (χ4v) is 4.70. The molecule has 0 amide bonds. The van der Waals surface area contributed by atoms with Crippen LogP contribution in [-0.2, 0) is 0 Å². The third-order valence-corrected chi connectivity index (χ3v) is 6.62. The summed E-state index contributed by atoms with van der Waals surface area (Å²) in [5, 5.41) is 15.8. The maximum atomic E-state index is 6.07. The van der Waals surface area contributed by atoms with Crippen molar-refractivity contribution in [3.05, 3.63) is 70.8 Å². The van der Waals surface area contributed by atoms with Gasteiger partial charge in [-0.2, -0.15) is 5.10 Å². The first-order chi connectivity index (χ1) is 14.7. The number of halogens is 2. The van der Waals surface area contributed by atoms with Crippen LogP contribution in [0.1, 0.15) is 24.4 Å². The van der Waals surface area contributed by atoms with Crippen molar-refractivity contribution in [3.8, 4) is 0 Å². The van der Waals surface area contributed by atoms with Crippen LogP contribution in [-0.4, -0.2) is 48.5 Å². The standard InChI is InChI=1S/C22H27ClN6S.HI/c1-24-22(27-19-9-13-28(14-10-19)21-4-2-15-30-21)25-16-20(29-12-3-11-26-29)17-5-7-18(23)8-6-17;/h2-8,11-12,15,19-20H,9-10,13-14,16H2,1H3,(H2,24,25,27);1H. The van der Waals surface area contributed by atoms with Crippen LogP contribution in [0, 0.1) is 0 Å². The first kappa shape index (κ1) is 23.9. The van der Waals surface area contributed by atoms with Crippen molar-refractivity contribution in [2.75, 3.05) is 31.6 Å². The van der Waals surface area contributed by atoms with Crippen LogP contribution >= 0.6 is 46.9 Å². The van der Waals surface area contributed by atoms with Crippen LogP contribution in [0.25, 0.3) is 0 Å². The Morgan fingerprint density at radius 3 is 2.61 bits per heavy atom. The third kappa shape index (κ3) is 6.36. The number of aliphatic imine (C=N–C) groups is 1. The molecule has 0 bridgehead atoms. The van der Waals surface area contributed by atoms with E-state index in [1.165, 1.54) is 5.00 Å². The topological polar surface area (TPSA) is 57.5 Å². The Balaban J connectivity index is 0.00000272. The fourth-order valence-electron chi connectivity index (χ4n) is 3.79. The molecule has 1 atom stereocenters. The molecule has 1 unspecified atom stereocenters. The minimum atomic E-state index is 0. The number of thiophene rings is 1. The van der Waals surface area contributed by atoms with Crippen molar-refractivity contribution in [1.29, 1.82) is 0 Å². The summed E-state index contributed by atoms with van der Waals surface area (Å²) in [6.07, 6.45) is 5.98. The molecule has 1 aliphatic heterocycles. The molecule has 4 rings (SSSR count). The maximum Gasteiger partial charge on any atom is 0.191 e. The van der Waals surface area contributed by atoms with Crippen molar-refractivity contribution in [2.24, 2.45) is 4.99 Å². The summed E-state index contributed by atoms with van der Waals surface area (Å²) in [5.41, 5.74) is 1.15. The quantitative estimate of drug-likeness (QED) is 0.258. The van der Waals surface area contributed by atoms with Gasteiger partial charge in [-0.1, -0.05) is 23.7 Å². The lowest BCUT2D eigenvalue weighted by atomic mass is 10.1. The zero-order valence-corrected chi connectivity index (χ0v) is 21.3. The minimum Gasteiger partial charge on any atom is -0.363 e. The number of rotatable bonds is 6. The summed E-state index contributed by atoms with van der Waals surface area (Å²) in [4.78, 5) is 6.91. The van der Waals surface area contributed by atoms with Crippen LogP contribution in [0.15, 0.2) is 65.2 Å². The molecule has 0 aliphatic carbocycles. The van der Waals surface area contributed by atoms with Gasteiger partial charge in [0.2, 0.25) is 0 Å². The molecule has 166 valence electrons. The summed E-state index contributed by atoms with van der Waals surface area (Å²) < 4.78 is 1.96. The van der Waals surface area contributed by atoms with Gasteiger partial charge < -0.3 is 15.5 Å². The normalized spacial score (nSPS) is 15.9. The van der Waals surface area contributed by atoms with E-state index in [0.29, 0.717) is 12.6 Å². The second-order valence-electron chi connectivity index (χ2n) is 7.36. The molecule has 1 fully saturated rings. The molecule has 1 saturated heterocycles. The summed E-state index contributed by atoms with van der Waals surface area (Å²) >= 11 is 7.88. The van der Waals surface area contributed by atoms with Gasteiger partial charge in [-0.3, -0.25) is 9.67 Å². The van der Waals surface area contributed by atoms with E-state index in [0.717, 1.165) is 42.5 Å². The Morgan fingerprint density at radius 1 is 1.23 bits per heavy atom. The molecule has 0 saturated carbocycles. The molecular formula is C22H28ClIN6S. The smallest absolute Gasteiger partial charge is 0.191 e. The number of guanidine groups is 1. The molecule has 6 nitrogen and oxygen atoms in total. The molecule has 2 N–H and O–H groups in total. The third-order valence-electron chi connectivity index (χ3n) is 5.44. The van der Waals surface area contributed by atoms with Gasteiger partial charge in [-0.25, -0.2) is 0 Å². The van der Waals surface area contributed by atoms with E-state index in [2.05, 4.69) is 43.1 Å². The van der Waals surface area contributed by atoms with Gasteiger partial charge in [-0.15, -0.1) is 35.3 Å². The molecule has 1 aromatic carbocycles. The Morgan fingerprint density at radius 2 is 2.00 bits per heavy atom. The molecule has 0 radical (unpaired) electrons. The SMILES string of the molecule is CN=C(NCC(c1ccc(Cl)cc1)n1cccn1)NC1CCN(c2cccs2)CC1.I. The average Bonchev–Trinajstić information content (AvgIpc) is 3.49. The van der Waals surface area contributed by atoms with Crippen LogP contribution in [0.5, 0.6) is 0 Å². The van der Waals surface area contributed by atoms with Crippen LogP contribution in [0.3, 0.4) is 0 Å². The summed E-state index contributed by atoms with van der Waals surface area (Å²) in [7, 11) is 1.82. The van der Waals surface area contributed by atoms with Gasteiger partial charge in [-0.05, 0) is 54.1 Å². The molecule has 0 spiro atoms. The summed E-state index contributed by atoms with van der Waals surface area (Å²) in [6.45, 7) is 2.81. The molecule has 3 aromatic rings. The molecule has 3 heterocycles. The zero-order chi connectivity index (χ0) is 20.8. The van der Waals surface area contributed by atoms with Crippen molar-refractivity contribution in [1.82, 2.24) is 20.4 Å². The highest BCUT2D eigenvalue weighted by atomic mass is 127. The summed E-state index contributed by atoms with van der Waals surface area (Å²) in [5.74, 6) is 0.829. The van der Waals surface area contributed by atoms with Gasteiger partial charge in [0.1, 0.15) is 0 Å².